The zero-order chi connectivity index (χ0) is 23.5. The van der Waals surface area contributed by atoms with Crippen molar-refractivity contribution in [3.63, 3.8) is 0 Å². The van der Waals surface area contributed by atoms with Crippen LogP contribution in [0.2, 0.25) is 0 Å². The second kappa shape index (κ2) is 9.26. The highest BCUT2D eigenvalue weighted by Gasteiger charge is 2.18. The first-order valence-corrected chi connectivity index (χ1v) is 10.5. The molecule has 0 saturated heterocycles. The molecule has 0 saturated carbocycles. The fourth-order valence-corrected chi connectivity index (χ4v) is 3.32. The number of aromatic nitrogens is 2. The number of hydrazine groups is 1. The molecule has 2 aromatic carbocycles. The summed E-state index contributed by atoms with van der Waals surface area (Å²) in [5.74, 6) is -0.00439. The van der Waals surface area contributed by atoms with E-state index in [-0.39, 0.29) is 5.41 Å². The molecule has 7 heteroatoms. The summed E-state index contributed by atoms with van der Waals surface area (Å²) >= 11 is 0. The predicted octanol–water partition coefficient (Wildman–Crippen LogP) is 3.99. The molecule has 3 rings (SSSR count). The maximum atomic E-state index is 12.4. The van der Waals surface area contributed by atoms with Gasteiger partial charge in [0.25, 0.3) is 11.8 Å². The van der Waals surface area contributed by atoms with E-state index in [1.165, 1.54) is 5.56 Å². The van der Waals surface area contributed by atoms with E-state index in [4.69, 9.17) is 4.74 Å². The van der Waals surface area contributed by atoms with Crippen molar-refractivity contribution >= 4 is 11.8 Å². The van der Waals surface area contributed by atoms with Crippen LogP contribution >= 0.6 is 0 Å². The first-order valence-electron chi connectivity index (χ1n) is 10.5. The van der Waals surface area contributed by atoms with Crippen LogP contribution in [0.25, 0.3) is 0 Å². The van der Waals surface area contributed by atoms with Gasteiger partial charge in [-0.3, -0.25) is 25.1 Å². The molecular weight excluding hydrogens is 404 g/mol. The summed E-state index contributed by atoms with van der Waals surface area (Å²) in [4.78, 5) is 24.8. The van der Waals surface area contributed by atoms with Gasteiger partial charge < -0.3 is 4.74 Å². The first-order chi connectivity index (χ1) is 15.1. The largest absolute Gasteiger partial charge is 0.489 e. The van der Waals surface area contributed by atoms with Crippen molar-refractivity contribution < 1.29 is 14.3 Å². The molecule has 0 aliphatic carbocycles. The fourth-order valence-electron chi connectivity index (χ4n) is 3.32. The van der Waals surface area contributed by atoms with Gasteiger partial charge in [0, 0.05) is 18.3 Å². The van der Waals surface area contributed by atoms with E-state index < -0.39 is 11.8 Å². The van der Waals surface area contributed by atoms with Gasteiger partial charge in [-0.15, -0.1) is 0 Å². The normalized spacial score (nSPS) is 11.2. The van der Waals surface area contributed by atoms with Crippen molar-refractivity contribution in [2.75, 3.05) is 0 Å². The van der Waals surface area contributed by atoms with Crippen LogP contribution in [-0.4, -0.2) is 21.6 Å². The minimum atomic E-state index is -0.400. The lowest BCUT2D eigenvalue weighted by Gasteiger charge is -2.19. The van der Waals surface area contributed by atoms with Crippen LogP contribution < -0.4 is 15.6 Å². The van der Waals surface area contributed by atoms with Gasteiger partial charge in [-0.25, -0.2) is 0 Å². The summed E-state index contributed by atoms with van der Waals surface area (Å²) in [5.41, 5.74) is 9.41. The molecule has 0 bridgehead atoms. The van der Waals surface area contributed by atoms with Crippen LogP contribution in [0.1, 0.15) is 64.0 Å². The topological polar surface area (TPSA) is 85.3 Å². The number of hydrogen-bond acceptors (Lipinski definition) is 4. The molecule has 0 radical (unpaired) electrons. The van der Waals surface area contributed by atoms with Gasteiger partial charge in [-0.1, -0.05) is 45.0 Å². The standard InChI is InChI=1S/C25H30N4O3/c1-16-22(17(2)29(6)28-16)24(31)27-26-23(30)19-9-7-18(8-10-19)15-32-21-13-11-20(12-14-21)25(3,4)5/h7-14H,15H2,1-6H3,(H,26,30)(H,27,31). The molecule has 0 spiro atoms. The van der Waals surface area contributed by atoms with Gasteiger partial charge in [0.1, 0.15) is 12.4 Å². The van der Waals surface area contributed by atoms with Gasteiger partial charge in [-0.2, -0.15) is 5.10 Å². The Morgan fingerprint density at radius 3 is 2.06 bits per heavy atom. The Morgan fingerprint density at radius 1 is 0.938 bits per heavy atom. The fraction of sp³-hybridized carbons (Fsp3) is 0.320. The first kappa shape index (κ1) is 23.1. The third kappa shape index (κ3) is 5.35. The lowest BCUT2D eigenvalue weighted by molar-refractivity contribution is 0.0846. The maximum absolute atomic E-state index is 12.4. The smallest absolute Gasteiger partial charge is 0.273 e. The molecule has 0 aliphatic heterocycles. The molecule has 0 unspecified atom stereocenters. The van der Waals surface area contributed by atoms with E-state index in [0.29, 0.717) is 23.4 Å². The average Bonchev–Trinajstić information content (AvgIpc) is 3.01. The molecule has 3 aromatic rings. The minimum absolute atomic E-state index is 0.101. The quantitative estimate of drug-likeness (QED) is 0.595. The van der Waals surface area contributed by atoms with Gasteiger partial charge in [0.15, 0.2) is 0 Å². The van der Waals surface area contributed by atoms with Crippen LogP contribution in [-0.2, 0) is 19.1 Å². The second-order valence-corrected chi connectivity index (χ2v) is 8.84. The van der Waals surface area contributed by atoms with Crippen LogP contribution in [0.3, 0.4) is 0 Å². The van der Waals surface area contributed by atoms with Crippen molar-refractivity contribution in [2.45, 2.75) is 46.6 Å². The summed E-state index contributed by atoms with van der Waals surface area (Å²) in [6, 6.07) is 15.1. The minimum Gasteiger partial charge on any atom is -0.489 e. The number of carbonyl (C=O) groups is 2. The summed E-state index contributed by atoms with van der Waals surface area (Å²) < 4.78 is 7.48. The molecule has 0 atom stereocenters. The van der Waals surface area contributed by atoms with Crippen molar-refractivity contribution in [2.24, 2.45) is 7.05 Å². The zero-order valence-corrected chi connectivity index (χ0v) is 19.4. The molecule has 1 aromatic heterocycles. The number of benzene rings is 2. The Hall–Kier alpha value is -3.61. The highest BCUT2D eigenvalue weighted by atomic mass is 16.5. The zero-order valence-electron chi connectivity index (χ0n) is 19.4. The lowest BCUT2D eigenvalue weighted by Crippen LogP contribution is -2.42. The number of rotatable bonds is 5. The van der Waals surface area contributed by atoms with E-state index in [0.717, 1.165) is 17.0 Å². The monoisotopic (exact) mass is 434 g/mol. The van der Waals surface area contributed by atoms with Crippen molar-refractivity contribution in [3.8, 4) is 5.75 Å². The molecule has 1 heterocycles. The van der Waals surface area contributed by atoms with Gasteiger partial charge in [0.05, 0.1) is 11.3 Å². The van der Waals surface area contributed by atoms with Gasteiger partial charge >= 0.3 is 0 Å². The molecule has 2 N–H and O–H groups in total. The number of carbonyl (C=O) groups excluding carboxylic acids is 2. The third-order valence-corrected chi connectivity index (χ3v) is 5.37. The van der Waals surface area contributed by atoms with E-state index in [2.05, 4.69) is 48.9 Å². The lowest BCUT2D eigenvalue weighted by atomic mass is 9.87. The van der Waals surface area contributed by atoms with Crippen molar-refractivity contribution in [3.05, 3.63) is 82.2 Å². The Morgan fingerprint density at radius 2 is 1.53 bits per heavy atom. The van der Waals surface area contributed by atoms with E-state index in [1.807, 2.05) is 24.3 Å². The Bertz CT molecular complexity index is 1110. The molecule has 2 amide bonds. The van der Waals surface area contributed by atoms with E-state index >= 15 is 0 Å². The second-order valence-electron chi connectivity index (χ2n) is 8.84. The number of amides is 2. The number of aryl methyl sites for hydroxylation is 2. The Labute approximate surface area is 188 Å². The van der Waals surface area contributed by atoms with E-state index in [9.17, 15) is 9.59 Å². The van der Waals surface area contributed by atoms with Crippen LogP contribution in [0, 0.1) is 13.8 Å². The molecule has 7 nitrogen and oxygen atoms in total. The van der Waals surface area contributed by atoms with Crippen LogP contribution in [0.4, 0.5) is 0 Å². The Kier molecular flexibility index (Phi) is 6.67. The molecule has 0 fully saturated rings. The number of hydrogen-bond donors (Lipinski definition) is 2. The van der Waals surface area contributed by atoms with Crippen molar-refractivity contribution in [1.29, 1.82) is 0 Å². The predicted molar refractivity (Wildman–Crippen MR) is 124 cm³/mol. The molecule has 168 valence electrons. The summed E-state index contributed by atoms with van der Waals surface area (Å²) in [6.07, 6.45) is 0. The number of ether oxygens (including phenoxy) is 1. The van der Waals surface area contributed by atoms with Gasteiger partial charge in [0.2, 0.25) is 0 Å². The molecule has 32 heavy (non-hydrogen) atoms. The summed E-state index contributed by atoms with van der Waals surface area (Å²) in [6.45, 7) is 10.5. The van der Waals surface area contributed by atoms with Crippen molar-refractivity contribution in [1.82, 2.24) is 20.6 Å². The van der Waals surface area contributed by atoms with Gasteiger partial charge in [-0.05, 0) is 54.7 Å². The third-order valence-electron chi connectivity index (χ3n) is 5.37. The molecule has 0 aliphatic rings. The summed E-state index contributed by atoms with van der Waals surface area (Å²) in [5, 5.41) is 4.21. The highest BCUT2D eigenvalue weighted by Crippen LogP contribution is 2.24. The molecular formula is C25H30N4O3. The average molecular weight is 435 g/mol. The van der Waals surface area contributed by atoms with Crippen LogP contribution in [0.5, 0.6) is 5.75 Å². The highest BCUT2D eigenvalue weighted by molar-refractivity contribution is 6.00. The van der Waals surface area contributed by atoms with E-state index in [1.54, 1.807) is 37.7 Å². The SMILES string of the molecule is Cc1nn(C)c(C)c1C(=O)NNC(=O)c1ccc(COc2ccc(C(C)(C)C)cc2)cc1. The maximum Gasteiger partial charge on any atom is 0.273 e. The van der Waals surface area contributed by atoms with Crippen LogP contribution in [0.15, 0.2) is 48.5 Å². The number of nitrogens with one attached hydrogen (secondary N) is 2. The Balaban J connectivity index is 1.53. The summed E-state index contributed by atoms with van der Waals surface area (Å²) in [7, 11) is 1.77. The number of nitrogens with zero attached hydrogens (tertiary/aromatic N) is 2.